The van der Waals surface area contributed by atoms with Crippen LogP contribution in [0.15, 0.2) is 28.7 Å². The number of furan rings is 1. The lowest BCUT2D eigenvalue weighted by atomic mass is 9.86. The molecule has 1 aliphatic heterocycles. The van der Waals surface area contributed by atoms with Crippen molar-refractivity contribution < 1.29 is 23.5 Å². The Kier molecular flexibility index (Phi) is 5.11. The zero-order valence-electron chi connectivity index (χ0n) is 15.7. The first kappa shape index (κ1) is 18.6. The summed E-state index contributed by atoms with van der Waals surface area (Å²) in [7, 11) is 0. The second-order valence-corrected chi connectivity index (χ2v) is 7.00. The van der Waals surface area contributed by atoms with Crippen molar-refractivity contribution in [2.75, 3.05) is 39.4 Å². The molecule has 1 aromatic heterocycles. The summed E-state index contributed by atoms with van der Waals surface area (Å²) in [5.41, 5.74) is 0.856. The standard InChI is InChI=1S/C21H22N2O5/c1-13-16(21(26)22-7-4-8-23-9-11-27-12-10-23)17-18(24)14-5-2-3-6-15(14)19(25)20(17)28-13/h2-3,5-6H,4,7-12H2,1H3,(H,22,26). The maximum absolute atomic E-state index is 12.9. The molecule has 1 N–H and O–H groups in total. The molecule has 1 saturated heterocycles. The molecule has 0 radical (unpaired) electrons. The number of rotatable bonds is 5. The van der Waals surface area contributed by atoms with Gasteiger partial charge in [0.25, 0.3) is 5.91 Å². The molecule has 7 nitrogen and oxygen atoms in total. The summed E-state index contributed by atoms with van der Waals surface area (Å²) < 4.78 is 10.9. The number of hydrogen-bond acceptors (Lipinski definition) is 6. The lowest BCUT2D eigenvalue weighted by Crippen LogP contribution is -2.38. The van der Waals surface area contributed by atoms with E-state index in [1.165, 1.54) is 0 Å². The molecule has 7 heteroatoms. The van der Waals surface area contributed by atoms with E-state index in [-0.39, 0.29) is 40.1 Å². The zero-order chi connectivity index (χ0) is 19.7. The molecular formula is C21H22N2O5. The highest BCUT2D eigenvalue weighted by atomic mass is 16.5. The van der Waals surface area contributed by atoms with E-state index in [0.29, 0.717) is 17.7 Å². The monoisotopic (exact) mass is 382 g/mol. The molecule has 1 aliphatic carbocycles. The van der Waals surface area contributed by atoms with Crippen LogP contribution in [0.5, 0.6) is 0 Å². The maximum Gasteiger partial charge on any atom is 0.255 e. The Bertz CT molecular complexity index is 940. The van der Waals surface area contributed by atoms with Gasteiger partial charge >= 0.3 is 0 Å². The summed E-state index contributed by atoms with van der Waals surface area (Å²) in [5, 5.41) is 2.85. The van der Waals surface area contributed by atoms with E-state index in [0.717, 1.165) is 39.3 Å². The van der Waals surface area contributed by atoms with Crippen LogP contribution in [0.1, 0.15) is 54.6 Å². The number of nitrogens with one attached hydrogen (secondary N) is 1. The van der Waals surface area contributed by atoms with E-state index < -0.39 is 0 Å². The molecule has 1 amide bonds. The number of benzene rings is 1. The molecule has 1 fully saturated rings. The van der Waals surface area contributed by atoms with Crippen molar-refractivity contribution in [3.63, 3.8) is 0 Å². The Morgan fingerprint density at radius 3 is 2.50 bits per heavy atom. The third kappa shape index (κ3) is 3.27. The van der Waals surface area contributed by atoms with Gasteiger partial charge in [0.05, 0.1) is 24.3 Å². The molecule has 0 bridgehead atoms. The summed E-state index contributed by atoms with van der Waals surface area (Å²) in [5.74, 6) is -0.852. The van der Waals surface area contributed by atoms with Crippen molar-refractivity contribution >= 4 is 17.5 Å². The lowest BCUT2D eigenvalue weighted by Gasteiger charge is -2.26. The van der Waals surface area contributed by atoms with Crippen molar-refractivity contribution in [1.29, 1.82) is 0 Å². The molecule has 4 rings (SSSR count). The number of ketones is 2. The molecule has 0 atom stereocenters. The summed E-state index contributed by atoms with van der Waals surface area (Å²) in [6.45, 7) is 6.24. The van der Waals surface area contributed by atoms with Crippen molar-refractivity contribution in [2.24, 2.45) is 0 Å². The predicted octanol–water partition coefficient (Wildman–Crippen LogP) is 1.82. The third-order valence-corrected chi connectivity index (χ3v) is 5.20. The molecule has 1 aromatic carbocycles. The van der Waals surface area contributed by atoms with Gasteiger partial charge in [-0.2, -0.15) is 0 Å². The van der Waals surface area contributed by atoms with Gasteiger partial charge in [0.2, 0.25) is 5.78 Å². The van der Waals surface area contributed by atoms with Crippen LogP contribution in [0.25, 0.3) is 0 Å². The number of fused-ring (bicyclic) bond motifs is 2. The van der Waals surface area contributed by atoms with Crippen LogP contribution < -0.4 is 5.32 Å². The van der Waals surface area contributed by atoms with Crippen LogP contribution in [0, 0.1) is 6.92 Å². The van der Waals surface area contributed by atoms with Gasteiger partial charge in [-0.25, -0.2) is 0 Å². The van der Waals surface area contributed by atoms with Crippen molar-refractivity contribution in [1.82, 2.24) is 10.2 Å². The van der Waals surface area contributed by atoms with Gasteiger partial charge in [0, 0.05) is 30.8 Å². The molecule has 0 spiro atoms. The van der Waals surface area contributed by atoms with E-state index in [1.807, 2.05) is 0 Å². The second-order valence-electron chi connectivity index (χ2n) is 7.00. The van der Waals surface area contributed by atoms with Crippen molar-refractivity contribution in [3.05, 3.63) is 58.0 Å². The Hall–Kier alpha value is -2.77. The Morgan fingerprint density at radius 1 is 1.11 bits per heavy atom. The molecule has 2 aliphatic rings. The Morgan fingerprint density at radius 2 is 1.79 bits per heavy atom. The normalized spacial score (nSPS) is 16.6. The molecule has 28 heavy (non-hydrogen) atoms. The summed E-state index contributed by atoms with van der Waals surface area (Å²) in [6.07, 6.45) is 0.792. The van der Waals surface area contributed by atoms with Gasteiger partial charge in [-0.3, -0.25) is 19.3 Å². The minimum absolute atomic E-state index is 0.0420. The quantitative estimate of drug-likeness (QED) is 0.677. The van der Waals surface area contributed by atoms with E-state index in [2.05, 4.69) is 10.2 Å². The molecule has 0 saturated carbocycles. The minimum Gasteiger partial charge on any atom is -0.456 e. The number of aryl methyl sites for hydroxylation is 1. The van der Waals surface area contributed by atoms with Crippen molar-refractivity contribution in [2.45, 2.75) is 13.3 Å². The Labute approximate surface area is 162 Å². The van der Waals surface area contributed by atoms with Gasteiger partial charge in [-0.1, -0.05) is 24.3 Å². The van der Waals surface area contributed by atoms with Gasteiger partial charge in [0.1, 0.15) is 5.76 Å². The SMILES string of the molecule is Cc1oc2c(c1C(=O)NCCCN1CCOCC1)C(=O)c1ccccc1C2=O. The van der Waals surface area contributed by atoms with Gasteiger partial charge in [-0.05, 0) is 19.9 Å². The maximum atomic E-state index is 12.9. The predicted molar refractivity (Wildman–Crippen MR) is 101 cm³/mol. The average Bonchev–Trinajstić information content (AvgIpc) is 3.07. The van der Waals surface area contributed by atoms with Crippen LogP contribution in [0.2, 0.25) is 0 Å². The number of carbonyl (C=O) groups is 3. The molecule has 2 heterocycles. The summed E-state index contributed by atoms with van der Waals surface area (Å²) >= 11 is 0. The fourth-order valence-electron chi connectivity index (χ4n) is 3.75. The van der Waals surface area contributed by atoms with E-state index >= 15 is 0 Å². The molecule has 0 unspecified atom stereocenters. The zero-order valence-corrected chi connectivity index (χ0v) is 15.7. The smallest absolute Gasteiger partial charge is 0.255 e. The third-order valence-electron chi connectivity index (χ3n) is 5.20. The summed E-state index contributed by atoms with van der Waals surface area (Å²) in [6, 6.07) is 6.60. The van der Waals surface area contributed by atoms with Crippen LogP contribution in [0.3, 0.4) is 0 Å². The number of amides is 1. The number of nitrogens with zero attached hydrogens (tertiary/aromatic N) is 1. The first-order valence-corrected chi connectivity index (χ1v) is 9.48. The van der Waals surface area contributed by atoms with Crippen molar-refractivity contribution in [3.8, 4) is 0 Å². The number of morpholine rings is 1. The van der Waals surface area contributed by atoms with Crippen LogP contribution in [0.4, 0.5) is 0 Å². The second kappa shape index (κ2) is 7.69. The van der Waals surface area contributed by atoms with Crippen LogP contribution >= 0.6 is 0 Å². The Balaban J connectivity index is 1.48. The first-order chi connectivity index (χ1) is 13.6. The van der Waals surface area contributed by atoms with Crippen LogP contribution in [-0.2, 0) is 4.74 Å². The van der Waals surface area contributed by atoms with Crippen LogP contribution in [-0.4, -0.2) is 61.8 Å². The number of hydrogen-bond donors (Lipinski definition) is 1. The highest BCUT2D eigenvalue weighted by Gasteiger charge is 2.38. The lowest BCUT2D eigenvalue weighted by molar-refractivity contribution is 0.0374. The fraction of sp³-hybridized carbons (Fsp3) is 0.381. The minimum atomic E-state index is -0.384. The highest BCUT2D eigenvalue weighted by Crippen LogP contribution is 2.33. The molecule has 146 valence electrons. The first-order valence-electron chi connectivity index (χ1n) is 9.48. The van der Waals surface area contributed by atoms with Gasteiger partial charge in [0.15, 0.2) is 11.5 Å². The van der Waals surface area contributed by atoms with E-state index in [4.69, 9.17) is 9.15 Å². The fourth-order valence-corrected chi connectivity index (χ4v) is 3.75. The largest absolute Gasteiger partial charge is 0.456 e. The topological polar surface area (TPSA) is 88.8 Å². The molecule has 2 aromatic rings. The summed E-state index contributed by atoms with van der Waals surface area (Å²) in [4.78, 5) is 40.6. The number of carbonyl (C=O) groups excluding carboxylic acids is 3. The molecular weight excluding hydrogens is 360 g/mol. The van der Waals surface area contributed by atoms with E-state index in [1.54, 1.807) is 31.2 Å². The number of ether oxygens (including phenoxy) is 1. The highest BCUT2D eigenvalue weighted by molar-refractivity contribution is 6.30. The average molecular weight is 382 g/mol. The van der Waals surface area contributed by atoms with Gasteiger partial charge < -0.3 is 14.5 Å². The van der Waals surface area contributed by atoms with E-state index in [9.17, 15) is 14.4 Å². The van der Waals surface area contributed by atoms with Gasteiger partial charge in [-0.15, -0.1) is 0 Å².